The number of hydrogen-bond acceptors (Lipinski definition) is 2. The van der Waals surface area contributed by atoms with E-state index in [0.29, 0.717) is 6.04 Å². The number of fused-ring (bicyclic) bond motifs is 1. The molecule has 0 aromatic heterocycles. The maximum atomic E-state index is 6.16. The van der Waals surface area contributed by atoms with Crippen LogP contribution in [0.2, 0.25) is 5.02 Å². The third kappa shape index (κ3) is 3.18. The topological polar surface area (TPSA) is 21.3 Å². The van der Waals surface area contributed by atoms with Crippen LogP contribution in [0.25, 0.3) is 0 Å². The molecule has 2 rings (SSSR count). The van der Waals surface area contributed by atoms with Crippen LogP contribution in [-0.2, 0) is 13.0 Å². The van der Waals surface area contributed by atoms with E-state index in [1.165, 1.54) is 24.0 Å². The lowest BCUT2D eigenvalue weighted by Crippen LogP contribution is -2.27. The Kier molecular flexibility index (Phi) is 4.90. The Morgan fingerprint density at radius 1 is 1.39 bits per heavy atom. The smallest absolute Gasteiger partial charge is 0.127 e. The zero-order chi connectivity index (χ0) is 13.0. The zero-order valence-corrected chi connectivity index (χ0v) is 12.0. The first kappa shape index (κ1) is 13.7. The predicted octanol–water partition coefficient (Wildman–Crippen LogP) is 3.94. The Morgan fingerprint density at radius 2 is 2.22 bits per heavy atom. The van der Waals surface area contributed by atoms with E-state index in [1.807, 2.05) is 12.1 Å². The molecule has 1 aromatic rings. The summed E-state index contributed by atoms with van der Waals surface area (Å²) >= 11 is 6.16. The van der Waals surface area contributed by atoms with Gasteiger partial charge in [0.15, 0.2) is 0 Å². The highest BCUT2D eigenvalue weighted by Gasteiger charge is 2.17. The van der Waals surface area contributed by atoms with Crippen molar-refractivity contribution < 1.29 is 4.74 Å². The van der Waals surface area contributed by atoms with Gasteiger partial charge in [-0.25, -0.2) is 0 Å². The lowest BCUT2D eigenvalue weighted by molar-refractivity contribution is 0.350. The first-order valence-corrected chi connectivity index (χ1v) is 7.29. The Labute approximate surface area is 115 Å². The van der Waals surface area contributed by atoms with Crippen molar-refractivity contribution in [1.29, 1.82) is 0 Å². The molecule has 0 aliphatic carbocycles. The zero-order valence-electron chi connectivity index (χ0n) is 11.3. The maximum Gasteiger partial charge on any atom is 0.127 e. The Balaban J connectivity index is 2.05. The first-order valence-electron chi connectivity index (χ1n) is 6.92. The van der Waals surface area contributed by atoms with Gasteiger partial charge in [0.05, 0.1) is 6.61 Å². The summed E-state index contributed by atoms with van der Waals surface area (Å²) < 4.78 is 5.71. The Hall–Kier alpha value is -0.730. The highest BCUT2D eigenvalue weighted by atomic mass is 35.5. The van der Waals surface area contributed by atoms with Crippen LogP contribution in [0.5, 0.6) is 5.75 Å². The molecule has 3 heteroatoms. The molecule has 1 aliphatic heterocycles. The highest BCUT2D eigenvalue weighted by molar-refractivity contribution is 6.30. The molecule has 1 atom stereocenters. The summed E-state index contributed by atoms with van der Waals surface area (Å²) in [5, 5.41) is 4.42. The van der Waals surface area contributed by atoms with E-state index in [2.05, 4.69) is 19.2 Å². The quantitative estimate of drug-likeness (QED) is 0.843. The Morgan fingerprint density at radius 3 is 2.94 bits per heavy atom. The van der Waals surface area contributed by atoms with Gasteiger partial charge in [-0.05, 0) is 30.5 Å². The summed E-state index contributed by atoms with van der Waals surface area (Å²) in [6.45, 7) is 6.09. The van der Waals surface area contributed by atoms with Gasteiger partial charge in [-0.15, -0.1) is 0 Å². The van der Waals surface area contributed by atoms with Crippen molar-refractivity contribution in [2.24, 2.45) is 0 Å². The maximum absolute atomic E-state index is 6.16. The summed E-state index contributed by atoms with van der Waals surface area (Å²) in [5.41, 5.74) is 2.45. The van der Waals surface area contributed by atoms with Crippen molar-refractivity contribution >= 4 is 11.6 Å². The van der Waals surface area contributed by atoms with Crippen molar-refractivity contribution in [3.05, 3.63) is 28.3 Å². The molecular formula is C15H22ClNO. The van der Waals surface area contributed by atoms with Crippen molar-refractivity contribution in [2.45, 2.75) is 52.1 Å². The summed E-state index contributed by atoms with van der Waals surface area (Å²) in [6, 6.07) is 4.64. The molecule has 100 valence electrons. The van der Waals surface area contributed by atoms with Crippen molar-refractivity contribution in [3.8, 4) is 5.75 Å². The van der Waals surface area contributed by atoms with Crippen LogP contribution in [0.15, 0.2) is 12.1 Å². The molecule has 1 aromatic carbocycles. The molecule has 0 saturated carbocycles. The number of hydrogen-bond donors (Lipinski definition) is 1. The van der Waals surface area contributed by atoms with Crippen LogP contribution in [0.4, 0.5) is 0 Å². The first-order chi connectivity index (χ1) is 8.74. The fraction of sp³-hybridized carbons (Fsp3) is 0.600. The number of rotatable bonds is 6. The fourth-order valence-corrected chi connectivity index (χ4v) is 2.79. The molecule has 0 amide bonds. The average molecular weight is 268 g/mol. The number of ether oxygens (including phenoxy) is 1. The largest absolute Gasteiger partial charge is 0.493 e. The molecule has 0 bridgehead atoms. The monoisotopic (exact) mass is 267 g/mol. The number of halogens is 1. The molecular weight excluding hydrogens is 246 g/mol. The molecule has 1 heterocycles. The molecule has 1 aliphatic rings. The third-order valence-corrected chi connectivity index (χ3v) is 3.75. The molecule has 0 fully saturated rings. The van der Waals surface area contributed by atoms with Gasteiger partial charge in [0.2, 0.25) is 0 Å². The van der Waals surface area contributed by atoms with Crippen LogP contribution in [0, 0.1) is 0 Å². The summed E-state index contributed by atoms with van der Waals surface area (Å²) in [5.74, 6) is 1.05. The van der Waals surface area contributed by atoms with Gasteiger partial charge < -0.3 is 10.1 Å². The van der Waals surface area contributed by atoms with Gasteiger partial charge in [0.1, 0.15) is 5.75 Å². The van der Waals surface area contributed by atoms with E-state index in [0.717, 1.165) is 36.8 Å². The highest BCUT2D eigenvalue weighted by Crippen LogP contribution is 2.32. The van der Waals surface area contributed by atoms with Crippen LogP contribution in [0.3, 0.4) is 0 Å². The SMILES string of the molecule is CCCC(CC)NCc1cc(Cl)cc2c1OCC2. The van der Waals surface area contributed by atoms with Crippen molar-refractivity contribution in [1.82, 2.24) is 5.32 Å². The second kappa shape index (κ2) is 6.44. The lowest BCUT2D eigenvalue weighted by atomic mass is 10.1. The normalized spacial score (nSPS) is 15.3. The molecule has 0 saturated heterocycles. The molecule has 0 radical (unpaired) electrons. The molecule has 0 spiro atoms. The van der Waals surface area contributed by atoms with E-state index >= 15 is 0 Å². The van der Waals surface area contributed by atoms with Crippen LogP contribution in [-0.4, -0.2) is 12.6 Å². The molecule has 1 N–H and O–H groups in total. The minimum atomic E-state index is 0.589. The fourth-order valence-electron chi connectivity index (χ4n) is 2.53. The van der Waals surface area contributed by atoms with E-state index in [-0.39, 0.29) is 0 Å². The van der Waals surface area contributed by atoms with E-state index in [4.69, 9.17) is 16.3 Å². The minimum Gasteiger partial charge on any atom is -0.493 e. The van der Waals surface area contributed by atoms with Crippen molar-refractivity contribution in [3.63, 3.8) is 0 Å². The van der Waals surface area contributed by atoms with Crippen molar-refractivity contribution in [2.75, 3.05) is 6.61 Å². The minimum absolute atomic E-state index is 0.589. The van der Waals surface area contributed by atoms with Gasteiger partial charge >= 0.3 is 0 Å². The third-order valence-electron chi connectivity index (χ3n) is 3.54. The summed E-state index contributed by atoms with van der Waals surface area (Å²) in [6.07, 6.45) is 4.59. The predicted molar refractivity (Wildman–Crippen MR) is 76.5 cm³/mol. The average Bonchev–Trinajstić information content (AvgIpc) is 2.82. The van der Waals surface area contributed by atoms with Crippen LogP contribution in [0.1, 0.15) is 44.2 Å². The van der Waals surface area contributed by atoms with Crippen LogP contribution < -0.4 is 10.1 Å². The van der Waals surface area contributed by atoms with E-state index in [9.17, 15) is 0 Å². The summed E-state index contributed by atoms with van der Waals surface area (Å²) in [4.78, 5) is 0. The summed E-state index contributed by atoms with van der Waals surface area (Å²) in [7, 11) is 0. The van der Waals surface area contributed by atoms with Gasteiger partial charge in [-0.1, -0.05) is 31.9 Å². The van der Waals surface area contributed by atoms with Gasteiger partial charge in [0, 0.05) is 29.6 Å². The Bertz CT molecular complexity index is 406. The molecule has 1 unspecified atom stereocenters. The second-order valence-corrected chi connectivity index (χ2v) is 5.36. The van der Waals surface area contributed by atoms with Gasteiger partial charge in [-0.2, -0.15) is 0 Å². The second-order valence-electron chi connectivity index (χ2n) is 4.93. The lowest BCUT2D eigenvalue weighted by Gasteiger charge is -2.17. The van der Waals surface area contributed by atoms with Gasteiger partial charge in [-0.3, -0.25) is 0 Å². The van der Waals surface area contributed by atoms with Crippen LogP contribution >= 0.6 is 11.6 Å². The number of benzene rings is 1. The molecule has 18 heavy (non-hydrogen) atoms. The van der Waals surface area contributed by atoms with E-state index < -0.39 is 0 Å². The molecule has 2 nitrogen and oxygen atoms in total. The van der Waals surface area contributed by atoms with Gasteiger partial charge in [0.25, 0.3) is 0 Å². The number of nitrogens with one attached hydrogen (secondary N) is 1. The van der Waals surface area contributed by atoms with E-state index in [1.54, 1.807) is 0 Å². The standard InChI is InChI=1S/C15H22ClNO/c1-3-5-14(4-2)17-10-12-9-13(16)8-11-6-7-18-15(11)12/h8-9,14,17H,3-7,10H2,1-2H3.